The lowest BCUT2D eigenvalue weighted by atomic mass is 10.0. The van der Waals surface area contributed by atoms with Crippen LogP contribution in [0.2, 0.25) is 0 Å². The third-order valence-corrected chi connectivity index (χ3v) is 3.29. The van der Waals surface area contributed by atoms with Crippen molar-refractivity contribution in [2.75, 3.05) is 24.7 Å². The Labute approximate surface area is 109 Å². The minimum atomic E-state index is 0.00786. The fourth-order valence-corrected chi connectivity index (χ4v) is 2.35. The van der Waals surface area contributed by atoms with Gasteiger partial charge in [-0.05, 0) is 38.8 Å². The van der Waals surface area contributed by atoms with E-state index >= 15 is 0 Å². The molecule has 1 aliphatic rings. The van der Waals surface area contributed by atoms with E-state index in [1.807, 2.05) is 13.1 Å². The summed E-state index contributed by atoms with van der Waals surface area (Å²) in [7, 11) is 0. The van der Waals surface area contributed by atoms with Gasteiger partial charge in [0.1, 0.15) is 5.82 Å². The predicted octanol–water partition coefficient (Wildman–Crippen LogP) is 1.59. The Kier molecular flexibility index (Phi) is 3.88. The van der Waals surface area contributed by atoms with E-state index in [1.165, 1.54) is 5.56 Å². The first kappa shape index (κ1) is 13.3. The summed E-state index contributed by atoms with van der Waals surface area (Å²) in [5, 5.41) is 0. The van der Waals surface area contributed by atoms with Crippen LogP contribution in [0.1, 0.15) is 26.3 Å². The zero-order valence-electron chi connectivity index (χ0n) is 11.5. The molecule has 0 bridgehead atoms. The topological polar surface area (TPSA) is 51.4 Å². The zero-order valence-corrected chi connectivity index (χ0v) is 11.5. The molecule has 1 aromatic rings. The Balaban J connectivity index is 2.13. The highest BCUT2D eigenvalue weighted by atomic mass is 16.5. The molecule has 0 radical (unpaired) electrons. The van der Waals surface area contributed by atoms with Gasteiger partial charge in [-0.15, -0.1) is 0 Å². The van der Waals surface area contributed by atoms with E-state index in [0.717, 1.165) is 32.0 Å². The van der Waals surface area contributed by atoms with Gasteiger partial charge in [-0.1, -0.05) is 6.07 Å². The van der Waals surface area contributed by atoms with Crippen LogP contribution in [0.15, 0.2) is 18.3 Å². The third-order valence-electron chi connectivity index (χ3n) is 3.29. The van der Waals surface area contributed by atoms with Crippen molar-refractivity contribution in [3.05, 3.63) is 23.9 Å². The lowest BCUT2D eigenvalue weighted by molar-refractivity contribution is 0.0639. The van der Waals surface area contributed by atoms with Crippen LogP contribution in [0.5, 0.6) is 0 Å². The second-order valence-electron chi connectivity index (χ2n) is 5.72. The van der Waals surface area contributed by atoms with Crippen LogP contribution in [0.3, 0.4) is 0 Å². The highest BCUT2D eigenvalue weighted by molar-refractivity contribution is 5.43. The third kappa shape index (κ3) is 3.00. The van der Waals surface area contributed by atoms with Crippen LogP contribution < -0.4 is 10.6 Å². The van der Waals surface area contributed by atoms with Crippen LogP contribution in [0.4, 0.5) is 5.82 Å². The maximum atomic E-state index is 5.79. The molecule has 1 unspecified atom stereocenters. The molecule has 100 valence electrons. The van der Waals surface area contributed by atoms with Gasteiger partial charge in [0.15, 0.2) is 0 Å². The number of anilines is 1. The lowest BCUT2D eigenvalue weighted by Crippen LogP contribution is -2.53. The predicted molar refractivity (Wildman–Crippen MR) is 73.8 cm³/mol. The van der Waals surface area contributed by atoms with Crippen LogP contribution >= 0.6 is 0 Å². The SMILES string of the molecule is CC(N)Cc1ccc(N2CCOCC2(C)C)nc1. The molecule has 0 aromatic carbocycles. The van der Waals surface area contributed by atoms with Crippen molar-refractivity contribution in [1.29, 1.82) is 0 Å². The maximum Gasteiger partial charge on any atom is 0.129 e. The van der Waals surface area contributed by atoms with Crippen molar-refractivity contribution >= 4 is 5.82 Å². The van der Waals surface area contributed by atoms with Gasteiger partial charge >= 0.3 is 0 Å². The van der Waals surface area contributed by atoms with Crippen molar-refractivity contribution < 1.29 is 4.74 Å². The average Bonchev–Trinajstić information content (AvgIpc) is 2.29. The normalized spacial score (nSPS) is 20.8. The van der Waals surface area contributed by atoms with Crippen LogP contribution in [0.25, 0.3) is 0 Å². The van der Waals surface area contributed by atoms with Crippen LogP contribution in [-0.4, -0.2) is 36.3 Å². The molecule has 2 N–H and O–H groups in total. The Hall–Kier alpha value is -1.13. The summed E-state index contributed by atoms with van der Waals surface area (Å²) in [6.07, 6.45) is 2.81. The minimum absolute atomic E-state index is 0.00786. The van der Waals surface area contributed by atoms with Crippen molar-refractivity contribution in [3.8, 4) is 0 Å². The molecule has 1 aliphatic heterocycles. The van der Waals surface area contributed by atoms with E-state index in [1.54, 1.807) is 0 Å². The minimum Gasteiger partial charge on any atom is -0.377 e. The lowest BCUT2D eigenvalue weighted by Gasteiger charge is -2.43. The number of ether oxygens (including phenoxy) is 1. The average molecular weight is 249 g/mol. The number of hydrogen-bond acceptors (Lipinski definition) is 4. The van der Waals surface area contributed by atoms with Gasteiger partial charge in [0, 0.05) is 18.8 Å². The van der Waals surface area contributed by atoms with E-state index in [2.05, 4.69) is 35.9 Å². The standard InChI is InChI=1S/C14H23N3O/c1-11(15)8-12-4-5-13(16-9-12)17-6-7-18-10-14(17,2)3/h4-5,9,11H,6-8,10,15H2,1-3H3. The van der Waals surface area contributed by atoms with Crippen LogP contribution in [0, 0.1) is 0 Å². The summed E-state index contributed by atoms with van der Waals surface area (Å²) < 4.78 is 5.53. The highest BCUT2D eigenvalue weighted by Crippen LogP contribution is 2.25. The second-order valence-corrected chi connectivity index (χ2v) is 5.72. The van der Waals surface area contributed by atoms with Gasteiger partial charge in [-0.25, -0.2) is 4.98 Å². The molecule has 0 saturated carbocycles. The maximum absolute atomic E-state index is 5.79. The molecule has 1 aromatic heterocycles. The molecule has 0 amide bonds. The number of hydrogen-bond donors (Lipinski definition) is 1. The Morgan fingerprint density at radius 1 is 1.50 bits per heavy atom. The summed E-state index contributed by atoms with van der Waals surface area (Å²) in [6.45, 7) is 8.79. The van der Waals surface area contributed by atoms with E-state index < -0.39 is 0 Å². The Morgan fingerprint density at radius 2 is 2.28 bits per heavy atom. The van der Waals surface area contributed by atoms with Crippen molar-refractivity contribution in [1.82, 2.24) is 4.98 Å². The number of aromatic nitrogens is 1. The summed E-state index contributed by atoms with van der Waals surface area (Å²) >= 11 is 0. The van der Waals surface area contributed by atoms with E-state index in [9.17, 15) is 0 Å². The highest BCUT2D eigenvalue weighted by Gasteiger charge is 2.31. The number of rotatable bonds is 3. The summed E-state index contributed by atoms with van der Waals surface area (Å²) in [5.74, 6) is 1.02. The first-order chi connectivity index (χ1) is 8.49. The monoisotopic (exact) mass is 249 g/mol. The number of nitrogens with two attached hydrogens (primary N) is 1. The molecule has 1 fully saturated rings. The van der Waals surface area contributed by atoms with Gasteiger partial charge in [0.25, 0.3) is 0 Å². The molecular formula is C14H23N3O. The molecule has 18 heavy (non-hydrogen) atoms. The summed E-state index contributed by atoms with van der Waals surface area (Å²) in [5.41, 5.74) is 7.00. The van der Waals surface area contributed by atoms with Crippen molar-refractivity contribution in [2.24, 2.45) is 5.73 Å². The summed E-state index contributed by atoms with van der Waals surface area (Å²) in [6, 6.07) is 4.39. The van der Waals surface area contributed by atoms with Gasteiger partial charge in [0.05, 0.1) is 18.8 Å². The van der Waals surface area contributed by atoms with E-state index in [-0.39, 0.29) is 11.6 Å². The van der Waals surface area contributed by atoms with Gasteiger partial charge in [0.2, 0.25) is 0 Å². The molecule has 4 nitrogen and oxygen atoms in total. The molecule has 0 spiro atoms. The van der Waals surface area contributed by atoms with Gasteiger partial charge in [-0.2, -0.15) is 0 Å². The first-order valence-electron chi connectivity index (χ1n) is 6.55. The Bertz CT molecular complexity index is 387. The quantitative estimate of drug-likeness (QED) is 0.884. The fourth-order valence-electron chi connectivity index (χ4n) is 2.35. The largest absolute Gasteiger partial charge is 0.377 e. The van der Waals surface area contributed by atoms with Crippen LogP contribution in [-0.2, 0) is 11.2 Å². The van der Waals surface area contributed by atoms with E-state index in [0.29, 0.717) is 0 Å². The molecule has 4 heteroatoms. The zero-order chi connectivity index (χ0) is 13.2. The van der Waals surface area contributed by atoms with Crippen molar-refractivity contribution in [2.45, 2.75) is 38.8 Å². The fraction of sp³-hybridized carbons (Fsp3) is 0.643. The number of nitrogens with zero attached hydrogens (tertiary/aromatic N) is 2. The molecular weight excluding hydrogens is 226 g/mol. The van der Waals surface area contributed by atoms with Gasteiger partial charge in [-0.3, -0.25) is 0 Å². The molecule has 1 atom stereocenters. The van der Waals surface area contributed by atoms with E-state index in [4.69, 9.17) is 10.5 Å². The smallest absolute Gasteiger partial charge is 0.129 e. The first-order valence-corrected chi connectivity index (χ1v) is 6.55. The second kappa shape index (κ2) is 5.24. The van der Waals surface area contributed by atoms with Crippen molar-refractivity contribution in [3.63, 3.8) is 0 Å². The number of morpholine rings is 1. The summed E-state index contributed by atoms with van der Waals surface area (Å²) in [4.78, 5) is 6.88. The Morgan fingerprint density at radius 3 is 2.83 bits per heavy atom. The van der Waals surface area contributed by atoms with Gasteiger partial charge < -0.3 is 15.4 Å². The molecule has 2 heterocycles. The molecule has 0 aliphatic carbocycles. The molecule has 2 rings (SSSR count). The number of pyridine rings is 1. The molecule has 1 saturated heterocycles.